The topological polar surface area (TPSA) is 87.7 Å². The van der Waals surface area contributed by atoms with Crippen LogP contribution in [-0.4, -0.2) is 53.0 Å². The van der Waals surface area contributed by atoms with Crippen LogP contribution in [0.5, 0.6) is 0 Å². The molecule has 0 bridgehead atoms. The second-order valence-electron chi connectivity index (χ2n) is 10.4. The van der Waals surface area contributed by atoms with Crippen LogP contribution in [0.3, 0.4) is 0 Å². The number of amides is 3. The number of carbonyl (C=O) groups excluding carboxylic acids is 3. The monoisotopic (exact) mass is 573 g/mol. The third kappa shape index (κ3) is 9.32. The number of hydrogen-bond acceptors (Lipinski definition) is 5. The van der Waals surface area contributed by atoms with Crippen molar-refractivity contribution in [3.8, 4) is 0 Å². The molecule has 0 aliphatic heterocycles. The average Bonchev–Trinajstić information content (AvgIpc) is 2.84. The van der Waals surface area contributed by atoms with Crippen LogP contribution in [0.1, 0.15) is 55.5 Å². The highest BCUT2D eigenvalue weighted by Gasteiger charge is 2.36. The van der Waals surface area contributed by atoms with E-state index in [4.69, 9.17) is 16.3 Å². The van der Waals surface area contributed by atoms with Gasteiger partial charge < -0.3 is 20.3 Å². The Morgan fingerprint density at radius 3 is 2.41 bits per heavy atom. The van der Waals surface area contributed by atoms with Crippen LogP contribution < -0.4 is 10.6 Å². The molecule has 0 fully saturated rings. The Labute approximate surface area is 241 Å². The van der Waals surface area contributed by atoms with Crippen molar-refractivity contribution in [2.24, 2.45) is 0 Å². The quantitative estimate of drug-likeness (QED) is 0.295. The van der Waals surface area contributed by atoms with Gasteiger partial charge in [-0.3, -0.25) is 9.59 Å². The van der Waals surface area contributed by atoms with Crippen molar-refractivity contribution in [1.29, 1.82) is 0 Å². The zero-order chi connectivity index (χ0) is 29.3. The minimum Gasteiger partial charge on any atom is -0.444 e. The number of alkyl carbamates (subject to hydrolysis) is 1. The van der Waals surface area contributed by atoms with Gasteiger partial charge in [0.05, 0.1) is 10.7 Å². The molecule has 0 saturated carbocycles. The molecule has 2 unspecified atom stereocenters. The molecule has 9 heteroatoms. The normalized spacial score (nSPS) is 12.7. The number of nitrogens with zero attached hydrogens (tertiary/aromatic N) is 1. The molecule has 39 heavy (non-hydrogen) atoms. The van der Waals surface area contributed by atoms with Crippen molar-refractivity contribution in [1.82, 2.24) is 10.2 Å². The van der Waals surface area contributed by atoms with E-state index in [9.17, 15) is 14.4 Å². The Hall–Kier alpha value is -2.97. The maximum absolute atomic E-state index is 14.1. The van der Waals surface area contributed by atoms with Crippen molar-refractivity contribution in [2.45, 2.75) is 65.6 Å². The third-order valence-corrected chi connectivity index (χ3v) is 6.93. The van der Waals surface area contributed by atoms with Crippen molar-refractivity contribution in [3.05, 3.63) is 76.3 Å². The molecule has 0 aliphatic rings. The van der Waals surface area contributed by atoms with E-state index in [1.54, 1.807) is 44.7 Å². The van der Waals surface area contributed by atoms with E-state index in [1.165, 1.54) is 4.90 Å². The number of halogens is 1. The van der Waals surface area contributed by atoms with E-state index in [1.807, 2.05) is 57.4 Å². The first kappa shape index (κ1) is 32.2. The molecule has 2 aromatic rings. The minimum atomic E-state index is -1.01. The van der Waals surface area contributed by atoms with Crippen LogP contribution in [0.25, 0.3) is 0 Å². The highest BCUT2D eigenvalue weighted by molar-refractivity contribution is 7.98. The molecule has 0 spiro atoms. The van der Waals surface area contributed by atoms with Gasteiger partial charge in [0, 0.05) is 6.54 Å². The first-order chi connectivity index (χ1) is 18.3. The lowest BCUT2D eigenvalue weighted by Crippen LogP contribution is -2.52. The molecule has 0 saturated heterocycles. The fourth-order valence-electron chi connectivity index (χ4n) is 4.09. The van der Waals surface area contributed by atoms with Crippen LogP contribution >= 0.6 is 23.4 Å². The number of hydrogen-bond donors (Lipinski definition) is 2. The smallest absolute Gasteiger partial charge is 0.408 e. The molecule has 212 valence electrons. The predicted octanol–water partition coefficient (Wildman–Crippen LogP) is 6.61. The fraction of sp³-hybridized carbons (Fsp3) is 0.433. The Morgan fingerprint density at radius 2 is 1.82 bits per heavy atom. The van der Waals surface area contributed by atoms with E-state index >= 15 is 0 Å². The van der Waals surface area contributed by atoms with Gasteiger partial charge in [-0.05, 0) is 82.7 Å². The Kier molecular flexibility index (Phi) is 11.9. The summed E-state index contributed by atoms with van der Waals surface area (Å²) in [6.45, 7) is 14.9. The summed E-state index contributed by atoms with van der Waals surface area (Å²) in [4.78, 5) is 42.3. The summed E-state index contributed by atoms with van der Waals surface area (Å²) in [6, 6.07) is 9.22. The molecule has 2 aromatic carbocycles. The van der Waals surface area contributed by atoms with Crippen molar-refractivity contribution >= 4 is 47.0 Å². The lowest BCUT2D eigenvalue weighted by molar-refractivity contribution is -0.140. The zero-order valence-corrected chi connectivity index (χ0v) is 25.5. The van der Waals surface area contributed by atoms with Gasteiger partial charge in [0.2, 0.25) is 5.91 Å². The predicted molar refractivity (Wildman–Crippen MR) is 162 cm³/mol. The molecule has 0 radical (unpaired) electrons. The number of ether oxygens (including phenoxy) is 1. The number of anilines is 1. The van der Waals surface area contributed by atoms with Gasteiger partial charge in [-0.15, -0.1) is 6.58 Å². The summed E-state index contributed by atoms with van der Waals surface area (Å²) in [5.41, 5.74) is 3.01. The molecule has 7 nitrogen and oxygen atoms in total. The van der Waals surface area contributed by atoms with Gasteiger partial charge in [0.25, 0.3) is 5.91 Å². The van der Waals surface area contributed by atoms with E-state index in [2.05, 4.69) is 17.2 Å². The molecule has 2 rings (SSSR count). The summed E-state index contributed by atoms with van der Waals surface area (Å²) in [6.07, 6.45) is 3.16. The van der Waals surface area contributed by atoms with Gasteiger partial charge in [-0.25, -0.2) is 4.79 Å². The number of benzene rings is 2. The summed E-state index contributed by atoms with van der Waals surface area (Å²) in [5, 5.41) is 6.09. The van der Waals surface area contributed by atoms with Gasteiger partial charge in [0.15, 0.2) is 0 Å². The van der Waals surface area contributed by atoms with Crippen LogP contribution in [0.4, 0.5) is 10.5 Å². The van der Waals surface area contributed by atoms with E-state index < -0.39 is 35.6 Å². The third-order valence-electron chi connectivity index (χ3n) is 5.97. The maximum atomic E-state index is 14.1. The Balaban J connectivity index is 2.59. The minimum absolute atomic E-state index is 0.0809. The van der Waals surface area contributed by atoms with E-state index in [0.717, 1.165) is 16.7 Å². The number of thioether (sulfide) groups is 1. The molecule has 2 N–H and O–H groups in total. The first-order valence-corrected chi connectivity index (χ1v) is 14.6. The molecule has 2 atom stereocenters. The Bertz CT molecular complexity index is 1170. The van der Waals surface area contributed by atoms with E-state index in [-0.39, 0.29) is 6.54 Å². The van der Waals surface area contributed by atoms with Gasteiger partial charge >= 0.3 is 6.09 Å². The Morgan fingerprint density at radius 1 is 1.13 bits per heavy atom. The number of rotatable bonds is 11. The summed E-state index contributed by atoms with van der Waals surface area (Å²) in [7, 11) is 0. The largest absolute Gasteiger partial charge is 0.444 e. The van der Waals surface area contributed by atoms with Gasteiger partial charge in [-0.2, -0.15) is 11.8 Å². The summed E-state index contributed by atoms with van der Waals surface area (Å²) < 4.78 is 5.43. The van der Waals surface area contributed by atoms with Gasteiger partial charge in [-0.1, -0.05) is 53.6 Å². The van der Waals surface area contributed by atoms with Crippen molar-refractivity contribution in [3.63, 3.8) is 0 Å². The number of aryl methyl sites for hydroxylation is 3. The summed E-state index contributed by atoms with van der Waals surface area (Å²) >= 11 is 7.98. The molecular weight excluding hydrogens is 534 g/mol. The van der Waals surface area contributed by atoms with E-state index in [0.29, 0.717) is 28.4 Å². The average molecular weight is 574 g/mol. The summed E-state index contributed by atoms with van der Waals surface area (Å²) in [5.74, 6) is -0.212. The highest BCUT2D eigenvalue weighted by atomic mass is 35.5. The fourth-order valence-corrected chi connectivity index (χ4v) is 4.83. The first-order valence-electron chi connectivity index (χ1n) is 12.8. The van der Waals surface area contributed by atoms with Crippen LogP contribution in [0.15, 0.2) is 49.1 Å². The highest BCUT2D eigenvalue weighted by Crippen LogP contribution is 2.31. The number of nitrogens with one attached hydrogen (secondary N) is 2. The van der Waals surface area contributed by atoms with Crippen molar-refractivity contribution < 1.29 is 19.1 Å². The molecule has 0 aromatic heterocycles. The zero-order valence-electron chi connectivity index (χ0n) is 23.9. The van der Waals surface area contributed by atoms with Crippen LogP contribution in [0.2, 0.25) is 5.02 Å². The second kappa shape index (κ2) is 14.4. The number of para-hydroxylation sites is 1. The number of carbonyl (C=O) groups is 3. The van der Waals surface area contributed by atoms with Crippen LogP contribution in [0, 0.1) is 20.8 Å². The standard InChI is InChI=1S/C30H40ClN3O4S/c1-9-16-34(28(36)24(15-17-39-8)32-29(37)38-30(5,6)7)26(22-18-19(2)13-14-20(22)3)27(35)33-25-21(4)11-10-12-23(25)31/h9-14,18,24,26H,1,15-17H2,2-8H3,(H,32,37)(H,33,35). The molecule has 3 amide bonds. The van der Waals surface area contributed by atoms with Crippen LogP contribution in [-0.2, 0) is 14.3 Å². The maximum Gasteiger partial charge on any atom is 0.408 e. The lowest BCUT2D eigenvalue weighted by atomic mass is 9.95. The molecular formula is C30H40ClN3O4S. The SMILES string of the molecule is C=CCN(C(=O)C(CCSC)NC(=O)OC(C)(C)C)C(C(=O)Nc1c(C)cccc1Cl)c1cc(C)ccc1C. The molecule has 0 heterocycles. The second-order valence-corrected chi connectivity index (χ2v) is 11.8. The molecule has 0 aliphatic carbocycles. The lowest BCUT2D eigenvalue weighted by Gasteiger charge is -2.34. The van der Waals surface area contributed by atoms with Gasteiger partial charge in [0.1, 0.15) is 17.7 Å². The van der Waals surface area contributed by atoms with Crippen molar-refractivity contribution in [2.75, 3.05) is 23.9 Å².